The third-order valence-corrected chi connectivity index (χ3v) is 11.4. The van der Waals surface area contributed by atoms with Gasteiger partial charge in [0.1, 0.15) is 18.1 Å². The van der Waals surface area contributed by atoms with Gasteiger partial charge >= 0.3 is 5.69 Å². The molecule has 2 fully saturated rings. The van der Waals surface area contributed by atoms with E-state index in [-0.39, 0.29) is 35.3 Å². The topological polar surface area (TPSA) is 201 Å². The number of carbonyl (C=O) groups excluding carboxylic acids is 3. The highest BCUT2D eigenvalue weighted by Crippen LogP contribution is 2.31. The van der Waals surface area contributed by atoms with E-state index < -0.39 is 30.0 Å². The molecule has 342 valence electrons. The number of imidazole rings is 1. The summed E-state index contributed by atoms with van der Waals surface area (Å²) in [6.07, 6.45) is 7.15. The van der Waals surface area contributed by atoms with E-state index in [4.69, 9.17) is 13.9 Å². The molecule has 19 heteroatoms. The van der Waals surface area contributed by atoms with Crippen molar-refractivity contribution in [3.05, 3.63) is 106 Å². The fourth-order valence-corrected chi connectivity index (χ4v) is 7.79. The van der Waals surface area contributed by atoms with Crippen LogP contribution in [-0.4, -0.2) is 86.1 Å². The number of anilines is 2. The monoisotopic (exact) mass is 894 g/mol. The first-order chi connectivity index (χ1) is 31.6. The molecule has 4 aromatic heterocycles. The summed E-state index contributed by atoms with van der Waals surface area (Å²) in [5, 5.41) is 15.6. The number of benzene rings is 2. The van der Waals surface area contributed by atoms with Crippen molar-refractivity contribution in [3.8, 4) is 17.1 Å². The van der Waals surface area contributed by atoms with Crippen LogP contribution in [0.3, 0.4) is 0 Å². The van der Waals surface area contributed by atoms with Crippen molar-refractivity contribution in [2.75, 3.05) is 50.2 Å². The molecule has 5 heterocycles. The van der Waals surface area contributed by atoms with Gasteiger partial charge in [-0.1, -0.05) is 24.3 Å². The molecule has 8 rings (SSSR count). The summed E-state index contributed by atoms with van der Waals surface area (Å²) in [7, 11) is 1.70. The highest BCUT2D eigenvalue weighted by atomic mass is 19.3. The fraction of sp³-hybridized carbons (Fsp3) is 0.413. The Morgan fingerprint density at radius 2 is 1.77 bits per heavy atom. The molecule has 2 aliphatic rings. The number of nitrogens with zero attached hydrogens (tertiary/aromatic N) is 6. The lowest BCUT2D eigenvalue weighted by Crippen LogP contribution is -2.44. The quantitative estimate of drug-likeness (QED) is 0.0426. The van der Waals surface area contributed by atoms with E-state index >= 15 is 0 Å². The van der Waals surface area contributed by atoms with Crippen molar-refractivity contribution in [1.82, 2.24) is 39.5 Å². The standard InChI is InChI=1S/C46H52F2N10O7/c1-56-41-31(6-2-8-36(41)58(46(56)62)37-15-16-39(59)54-44(37)61)7-3-20-63-22-5-23-64-21-4-18-49-25-29-11-13-33(14-12-29)57-27-34(40(55-57)42(47)48)52-43(60)35-28-65-45(53-35)32-17-19-50-38(24-32)51-26-30-9-10-30/h2,6,8,11-14,17,19,24,27-28,30,37,42,49H,3-5,7,9-10,15-16,18,20-23,25-26H2,1H3,(H,50,51)(H,52,60)(H,54,59,61). The predicted octanol–water partition coefficient (Wildman–Crippen LogP) is 6.10. The van der Waals surface area contributed by atoms with Gasteiger partial charge in [0.15, 0.2) is 11.4 Å². The average Bonchev–Trinajstić information content (AvgIpc) is 3.71. The maximum atomic E-state index is 14.0. The SMILES string of the molecule is Cn1c(=O)n(C2CCC(=O)NC2=O)c2cccc(CCCOCCCOCCCNCc3ccc(-n4cc(NC(=O)c5coc(-c6ccnc(NCC7CC7)c6)n5)c(C(F)F)n4)cc3)c21. The van der Waals surface area contributed by atoms with Crippen LogP contribution in [0.1, 0.15) is 84.7 Å². The van der Waals surface area contributed by atoms with E-state index in [1.54, 1.807) is 42.1 Å². The lowest BCUT2D eigenvalue weighted by atomic mass is 10.0. The van der Waals surface area contributed by atoms with Crippen LogP contribution in [0.2, 0.25) is 0 Å². The van der Waals surface area contributed by atoms with Crippen LogP contribution in [0.4, 0.5) is 20.3 Å². The maximum absolute atomic E-state index is 14.0. The minimum atomic E-state index is -2.93. The number of ether oxygens (including phenoxy) is 2. The van der Waals surface area contributed by atoms with Crippen LogP contribution in [0.5, 0.6) is 0 Å². The van der Waals surface area contributed by atoms with E-state index in [0.29, 0.717) is 74.3 Å². The van der Waals surface area contributed by atoms with Gasteiger partial charge in [-0.2, -0.15) is 5.10 Å². The van der Waals surface area contributed by atoms with E-state index in [1.165, 1.54) is 34.6 Å². The van der Waals surface area contributed by atoms with Gasteiger partial charge in [-0.15, -0.1) is 0 Å². The third-order valence-electron chi connectivity index (χ3n) is 11.4. The summed E-state index contributed by atoms with van der Waals surface area (Å²) in [6, 6.07) is 15.8. The second-order valence-electron chi connectivity index (χ2n) is 16.3. The normalized spacial score (nSPS) is 15.2. The number of nitrogens with one attached hydrogen (secondary N) is 4. The molecule has 4 N–H and O–H groups in total. The van der Waals surface area contributed by atoms with Gasteiger partial charge < -0.3 is 29.8 Å². The number of aryl methyl sites for hydroxylation is 2. The highest BCUT2D eigenvalue weighted by Gasteiger charge is 2.32. The molecule has 65 heavy (non-hydrogen) atoms. The number of amides is 3. The van der Waals surface area contributed by atoms with Crippen LogP contribution in [-0.2, 0) is 39.1 Å². The zero-order chi connectivity index (χ0) is 45.3. The summed E-state index contributed by atoms with van der Waals surface area (Å²) < 4.78 is 49.6. The minimum Gasteiger partial charge on any atom is -0.444 e. The Bertz CT molecular complexity index is 2670. The number of alkyl halides is 2. The van der Waals surface area contributed by atoms with Gasteiger partial charge in [-0.3, -0.25) is 28.8 Å². The molecule has 2 aromatic carbocycles. The minimum absolute atomic E-state index is 0.0684. The molecule has 1 atom stereocenters. The first kappa shape index (κ1) is 45.0. The Kier molecular flexibility index (Phi) is 14.5. The summed E-state index contributed by atoms with van der Waals surface area (Å²) in [4.78, 5) is 59.0. The zero-order valence-electron chi connectivity index (χ0n) is 36.1. The van der Waals surface area contributed by atoms with Crippen molar-refractivity contribution in [3.63, 3.8) is 0 Å². The molecule has 1 aliphatic heterocycles. The van der Waals surface area contributed by atoms with E-state index in [9.17, 15) is 28.0 Å². The van der Waals surface area contributed by atoms with Gasteiger partial charge in [0, 0.05) is 64.7 Å². The molecular weight excluding hydrogens is 843 g/mol. The summed E-state index contributed by atoms with van der Waals surface area (Å²) in [6.45, 7) is 4.47. The van der Waals surface area contributed by atoms with Gasteiger partial charge in [-0.25, -0.2) is 28.2 Å². The molecule has 1 saturated heterocycles. The van der Waals surface area contributed by atoms with Gasteiger partial charge in [0.05, 0.1) is 28.6 Å². The molecular formula is C46H52F2N10O7. The van der Waals surface area contributed by atoms with E-state index in [0.717, 1.165) is 49.0 Å². The number of carbonyl (C=O) groups is 3. The number of hydrogen-bond acceptors (Lipinski definition) is 12. The first-order valence-corrected chi connectivity index (χ1v) is 22.0. The largest absolute Gasteiger partial charge is 0.444 e. The number of pyridine rings is 1. The molecule has 17 nitrogen and oxygen atoms in total. The zero-order valence-corrected chi connectivity index (χ0v) is 36.1. The first-order valence-electron chi connectivity index (χ1n) is 22.0. The van der Waals surface area contributed by atoms with Gasteiger partial charge in [-0.05, 0) is 98.9 Å². The molecule has 3 amide bonds. The van der Waals surface area contributed by atoms with Crippen molar-refractivity contribution < 1.29 is 37.1 Å². The molecule has 0 spiro atoms. The lowest BCUT2D eigenvalue weighted by molar-refractivity contribution is -0.135. The van der Waals surface area contributed by atoms with E-state index in [2.05, 4.69) is 36.3 Å². The van der Waals surface area contributed by atoms with Crippen molar-refractivity contribution >= 4 is 40.3 Å². The number of rotatable bonds is 23. The fourth-order valence-electron chi connectivity index (χ4n) is 7.79. The summed E-state index contributed by atoms with van der Waals surface area (Å²) >= 11 is 0. The Balaban J connectivity index is 0.708. The Morgan fingerprint density at radius 1 is 0.985 bits per heavy atom. The van der Waals surface area contributed by atoms with Gasteiger partial charge in [0.2, 0.25) is 17.7 Å². The third kappa shape index (κ3) is 11.2. The number of hydrogen-bond donors (Lipinski definition) is 4. The number of piperidine rings is 1. The maximum Gasteiger partial charge on any atom is 0.329 e. The average molecular weight is 895 g/mol. The second-order valence-corrected chi connectivity index (χ2v) is 16.3. The Morgan fingerprint density at radius 3 is 2.54 bits per heavy atom. The Labute approximate surface area is 372 Å². The van der Waals surface area contributed by atoms with Crippen molar-refractivity contribution in [1.29, 1.82) is 0 Å². The van der Waals surface area contributed by atoms with Gasteiger partial charge in [0.25, 0.3) is 12.3 Å². The lowest BCUT2D eigenvalue weighted by Gasteiger charge is -2.21. The van der Waals surface area contributed by atoms with Crippen molar-refractivity contribution in [2.24, 2.45) is 13.0 Å². The predicted molar refractivity (Wildman–Crippen MR) is 237 cm³/mol. The van der Waals surface area contributed by atoms with E-state index in [1.807, 2.05) is 30.3 Å². The molecule has 6 aromatic rings. The number of halogens is 2. The number of oxazole rings is 1. The number of aromatic nitrogens is 6. The van der Waals surface area contributed by atoms with Crippen LogP contribution in [0.25, 0.3) is 28.2 Å². The molecule has 1 saturated carbocycles. The second kappa shape index (κ2) is 21.0. The molecule has 0 radical (unpaired) electrons. The highest BCUT2D eigenvalue weighted by molar-refractivity contribution is 6.03. The number of fused-ring (bicyclic) bond motifs is 1. The number of para-hydroxylation sites is 1. The number of imide groups is 1. The molecule has 0 bridgehead atoms. The van der Waals surface area contributed by atoms with Crippen molar-refractivity contribution in [2.45, 2.75) is 70.4 Å². The molecule has 1 aliphatic carbocycles. The van der Waals surface area contributed by atoms with Crippen LogP contribution in [0.15, 0.2) is 82.5 Å². The van der Waals surface area contributed by atoms with Crippen LogP contribution in [0, 0.1) is 5.92 Å². The smallest absolute Gasteiger partial charge is 0.329 e. The molecule has 1 unspecified atom stereocenters. The Hall–Kier alpha value is -6.57. The van der Waals surface area contributed by atoms with Crippen LogP contribution >= 0.6 is 0 Å². The van der Waals surface area contributed by atoms with Crippen LogP contribution < -0.4 is 27.0 Å². The summed E-state index contributed by atoms with van der Waals surface area (Å²) in [5.41, 5.74) is 3.57. The summed E-state index contributed by atoms with van der Waals surface area (Å²) in [5.74, 6) is 0.0573.